The van der Waals surface area contributed by atoms with Crippen LogP contribution < -0.4 is 16.2 Å². The molecule has 0 aliphatic heterocycles. The Kier molecular flexibility index (Phi) is 8.01. The molecule has 0 spiro atoms. The molecule has 3 aromatic rings. The van der Waals surface area contributed by atoms with Gasteiger partial charge in [-0.1, -0.05) is 29.3 Å². The minimum absolute atomic E-state index is 0.0182. The molecule has 35 heavy (non-hydrogen) atoms. The highest BCUT2D eigenvalue weighted by Gasteiger charge is 2.28. The Morgan fingerprint density at radius 2 is 2.11 bits per heavy atom. The van der Waals surface area contributed by atoms with Crippen LogP contribution in [0, 0.1) is 5.92 Å². The van der Waals surface area contributed by atoms with Crippen LogP contribution >= 0.6 is 34.5 Å². The highest BCUT2D eigenvalue weighted by Crippen LogP contribution is 2.36. The van der Waals surface area contributed by atoms with Crippen molar-refractivity contribution in [1.82, 2.24) is 15.0 Å². The Labute approximate surface area is 216 Å². The zero-order valence-corrected chi connectivity index (χ0v) is 21.4. The minimum Gasteiger partial charge on any atom is -0.367 e. The molecule has 186 valence electrons. The summed E-state index contributed by atoms with van der Waals surface area (Å²) in [6.45, 7) is 0.0186. The molecule has 0 amide bonds. The summed E-state index contributed by atoms with van der Waals surface area (Å²) in [6.07, 6.45) is 4.94. The fourth-order valence-electron chi connectivity index (χ4n) is 3.95. The van der Waals surface area contributed by atoms with Crippen LogP contribution in [0.4, 0.5) is 5.82 Å². The van der Waals surface area contributed by atoms with E-state index in [0.29, 0.717) is 37.9 Å². The average molecular weight is 557 g/mol. The van der Waals surface area contributed by atoms with Crippen molar-refractivity contribution in [3.05, 3.63) is 68.0 Å². The van der Waals surface area contributed by atoms with E-state index in [2.05, 4.69) is 20.3 Å². The van der Waals surface area contributed by atoms with E-state index >= 15 is 0 Å². The van der Waals surface area contributed by atoms with Crippen LogP contribution in [0.15, 0.2) is 36.8 Å². The number of nitrogens with two attached hydrogens (primary N) is 2. The first-order chi connectivity index (χ1) is 16.6. The predicted molar refractivity (Wildman–Crippen MR) is 134 cm³/mol. The summed E-state index contributed by atoms with van der Waals surface area (Å²) in [4.78, 5) is 26.2. The number of nitrogens with zero attached hydrogens (tertiary/aromatic N) is 3. The SMILES string of the molecule is NC(c1cccc(Cl)n1)c1cc(C(=O)c2cncnc2N[C@H]2CC[C@@H](COS(N)(=O)=O)C2)sc1Cl. The number of carbonyl (C=O) groups excluding carboxylic acids is 1. The van der Waals surface area contributed by atoms with Gasteiger partial charge in [0.1, 0.15) is 17.3 Å². The standard InChI is InChI=1S/C21H22Cl2N6O4S2/c22-17-3-1-2-15(29-17)18(24)13-7-16(34-20(13)23)19(30)14-8-26-10-27-21(14)28-12-5-4-11(6-12)9-33-35(25,31)32/h1-3,7-8,10-12,18H,4-6,9,24H2,(H2,25,31,32)(H,26,27,28)/t11-,12+,18?/m1/s1. The summed E-state index contributed by atoms with van der Waals surface area (Å²) in [7, 11) is -3.98. The van der Waals surface area contributed by atoms with Crippen LogP contribution in [0.25, 0.3) is 0 Å². The van der Waals surface area contributed by atoms with Gasteiger partial charge in [0, 0.05) is 17.8 Å². The minimum atomic E-state index is -3.98. The summed E-state index contributed by atoms with van der Waals surface area (Å²) in [6, 6.07) is 6.10. The van der Waals surface area contributed by atoms with E-state index in [0.717, 1.165) is 24.2 Å². The van der Waals surface area contributed by atoms with Crippen LogP contribution in [-0.2, 0) is 14.5 Å². The molecule has 1 saturated carbocycles. The Bertz CT molecular complexity index is 1340. The number of carbonyl (C=O) groups is 1. The van der Waals surface area contributed by atoms with Gasteiger partial charge in [-0.3, -0.25) is 8.98 Å². The number of anilines is 1. The summed E-state index contributed by atoms with van der Waals surface area (Å²) in [5.41, 5.74) is 7.72. The number of pyridine rings is 1. The number of nitrogens with one attached hydrogen (secondary N) is 1. The van der Waals surface area contributed by atoms with Gasteiger partial charge in [-0.2, -0.15) is 8.42 Å². The molecule has 4 rings (SSSR count). The molecule has 14 heteroatoms. The van der Waals surface area contributed by atoms with Gasteiger partial charge in [-0.25, -0.2) is 20.1 Å². The van der Waals surface area contributed by atoms with Gasteiger partial charge in [0.15, 0.2) is 0 Å². The fraction of sp³-hybridized carbons (Fsp3) is 0.333. The molecule has 3 aromatic heterocycles. The van der Waals surface area contributed by atoms with Crippen LogP contribution in [0.5, 0.6) is 0 Å². The number of aromatic nitrogens is 3. The van der Waals surface area contributed by atoms with Gasteiger partial charge < -0.3 is 11.1 Å². The molecule has 0 bridgehead atoms. The second-order valence-electron chi connectivity index (χ2n) is 8.11. The Morgan fingerprint density at radius 3 is 2.86 bits per heavy atom. The van der Waals surface area contributed by atoms with E-state index in [9.17, 15) is 13.2 Å². The molecule has 5 N–H and O–H groups in total. The number of hydrogen-bond acceptors (Lipinski definition) is 10. The van der Waals surface area contributed by atoms with E-state index in [1.165, 1.54) is 12.5 Å². The monoisotopic (exact) mass is 556 g/mol. The van der Waals surface area contributed by atoms with Crippen molar-refractivity contribution in [1.29, 1.82) is 0 Å². The Balaban J connectivity index is 1.49. The maximum atomic E-state index is 13.4. The van der Waals surface area contributed by atoms with Gasteiger partial charge in [-0.15, -0.1) is 11.3 Å². The van der Waals surface area contributed by atoms with Crippen LogP contribution in [0.3, 0.4) is 0 Å². The van der Waals surface area contributed by atoms with E-state index in [-0.39, 0.29) is 29.9 Å². The summed E-state index contributed by atoms with van der Waals surface area (Å²) >= 11 is 13.5. The summed E-state index contributed by atoms with van der Waals surface area (Å²) < 4.78 is 27.2. The first-order valence-corrected chi connectivity index (χ1v) is 13.6. The third-order valence-corrected chi connectivity index (χ3v) is 7.70. The van der Waals surface area contributed by atoms with Crippen LogP contribution in [0.2, 0.25) is 9.49 Å². The number of hydrogen-bond donors (Lipinski definition) is 3. The third-order valence-electron chi connectivity index (χ3n) is 5.63. The quantitative estimate of drug-likeness (QED) is 0.265. The highest BCUT2D eigenvalue weighted by atomic mass is 35.5. The first kappa shape index (κ1) is 25.9. The summed E-state index contributed by atoms with van der Waals surface area (Å²) in [5.74, 6) is 0.103. The van der Waals surface area contributed by atoms with Crippen molar-refractivity contribution >= 4 is 56.4 Å². The largest absolute Gasteiger partial charge is 0.367 e. The molecular weight excluding hydrogens is 535 g/mol. The molecule has 0 radical (unpaired) electrons. The molecule has 3 atom stereocenters. The highest BCUT2D eigenvalue weighted by molar-refractivity contribution is 7.84. The maximum Gasteiger partial charge on any atom is 0.333 e. The lowest BCUT2D eigenvalue weighted by molar-refractivity contribution is 0.104. The molecule has 1 fully saturated rings. The molecule has 3 heterocycles. The fourth-order valence-corrected chi connectivity index (χ4v) is 5.81. The van der Waals surface area contributed by atoms with Crippen molar-refractivity contribution < 1.29 is 17.4 Å². The van der Waals surface area contributed by atoms with Gasteiger partial charge in [-0.05, 0) is 43.4 Å². The molecule has 0 aromatic carbocycles. The molecule has 1 aliphatic carbocycles. The van der Waals surface area contributed by atoms with Crippen LogP contribution in [0.1, 0.15) is 51.8 Å². The molecular formula is C21H22Cl2N6O4S2. The van der Waals surface area contributed by atoms with E-state index in [1.807, 2.05) is 0 Å². The predicted octanol–water partition coefficient (Wildman–Crippen LogP) is 3.32. The van der Waals surface area contributed by atoms with Crippen molar-refractivity contribution in [2.45, 2.75) is 31.3 Å². The van der Waals surface area contributed by atoms with E-state index in [4.69, 9.17) is 38.3 Å². The lowest BCUT2D eigenvalue weighted by atomic mass is 10.1. The number of halogens is 2. The first-order valence-electron chi connectivity index (χ1n) is 10.6. The van der Waals surface area contributed by atoms with Gasteiger partial charge in [0.25, 0.3) is 0 Å². The number of rotatable bonds is 9. The third kappa shape index (κ3) is 6.53. The van der Waals surface area contributed by atoms with E-state index < -0.39 is 16.3 Å². The normalized spacial score (nSPS) is 19.0. The molecule has 1 unspecified atom stereocenters. The zero-order chi connectivity index (χ0) is 25.2. The van der Waals surface area contributed by atoms with Crippen molar-refractivity contribution in [2.75, 3.05) is 11.9 Å². The lowest BCUT2D eigenvalue weighted by Crippen LogP contribution is -2.22. The summed E-state index contributed by atoms with van der Waals surface area (Å²) in [5, 5.41) is 8.49. The second kappa shape index (κ2) is 10.8. The second-order valence-corrected chi connectivity index (χ2v) is 11.4. The van der Waals surface area contributed by atoms with Crippen molar-refractivity contribution in [3.63, 3.8) is 0 Å². The van der Waals surface area contributed by atoms with Gasteiger partial charge >= 0.3 is 10.3 Å². The smallest absolute Gasteiger partial charge is 0.333 e. The topological polar surface area (TPSA) is 163 Å². The maximum absolute atomic E-state index is 13.4. The lowest BCUT2D eigenvalue weighted by Gasteiger charge is -2.15. The number of thiophene rings is 1. The average Bonchev–Trinajstić information content (AvgIpc) is 3.43. The van der Waals surface area contributed by atoms with Gasteiger partial charge in [0.05, 0.1) is 33.1 Å². The Hall–Kier alpha value is -2.19. The molecule has 10 nitrogen and oxygen atoms in total. The van der Waals surface area contributed by atoms with Crippen molar-refractivity contribution in [2.24, 2.45) is 16.8 Å². The van der Waals surface area contributed by atoms with Crippen LogP contribution in [-0.4, -0.2) is 41.8 Å². The van der Waals surface area contributed by atoms with E-state index in [1.54, 1.807) is 24.3 Å². The Morgan fingerprint density at radius 1 is 1.31 bits per heavy atom. The van der Waals surface area contributed by atoms with Crippen molar-refractivity contribution in [3.8, 4) is 0 Å². The molecule has 0 saturated heterocycles. The zero-order valence-electron chi connectivity index (χ0n) is 18.2. The van der Waals surface area contributed by atoms with Gasteiger partial charge in [0.2, 0.25) is 5.78 Å². The molecule has 1 aliphatic rings. The number of ketones is 1.